The van der Waals surface area contributed by atoms with Crippen molar-refractivity contribution in [1.29, 1.82) is 0 Å². The minimum absolute atomic E-state index is 0.524. The molecule has 1 aliphatic rings. The zero-order chi connectivity index (χ0) is 13.0. The zero-order valence-electron chi connectivity index (χ0n) is 11.8. The molecule has 1 aromatic rings. The standard InChI is InChI=1S/C16H25NO/c1-12(2)15-5-4-6-16(11-15)17-13(3)14-7-9-18-10-8-14/h4-6,11-14,17H,7-10H2,1-3H3. The van der Waals surface area contributed by atoms with Gasteiger partial charge in [0, 0.05) is 24.9 Å². The number of rotatable bonds is 4. The largest absolute Gasteiger partial charge is 0.382 e. The van der Waals surface area contributed by atoms with E-state index in [1.165, 1.54) is 24.1 Å². The highest BCUT2D eigenvalue weighted by Gasteiger charge is 2.20. The highest BCUT2D eigenvalue weighted by molar-refractivity contribution is 5.47. The van der Waals surface area contributed by atoms with E-state index in [1.54, 1.807) is 0 Å². The van der Waals surface area contributed by atoms with Gasteiger partial charge in [0.2, 0.25) is 0 Å². The van der Waals surface area contributed by atoms with Gasteiger partial charge in [0.25, 0.3) is 0 Å². The molecule has 0 saturated carbocycles. The van der Waals surface area contributed by atoms with Crippen LogP contribution in [0.4, 0.5) is 5.69 Å². The first-order valence-corrected chi connectivity index (χ1v) is 7.11. The number of benzene rings is 1. The second-order valence-electron chi connectivity index (χ2n) is 5.66. The molecule has 100 valence electrons. The molecule has 2 nitrogen and oxygen atoms in total. The lowest BCUT2D eigenvalue weighted by molar-refractivity contribution is 0.0622. The molecule has 0 spiro atoms. The summed E-state index contributed by atoms with van der Waals surface area (Å²) in [6, 6.07) is 9.32. The van der Waals surface area contributed by atoms with Crippen LogP contribution < -0.4 is 5.32 Å². The fourth-order valence-electron chi connectivity index (χ4n) is 2.58. The fourth-order valence-corrected chi connectivity index (χ4v) is 2.58. The Hall–Kier alpha value is -1.02. The number of anilines is 1. The normalized spacial score (nSPS) is 18.9. The summed E-state index contributed by atoms with van der Waals surface area (Å²) in [5.74, 6) is 1.33. The van der Waals surface area contributed by atoms with E-state index < -0.39 is 0 Å². The van der Waals surface area contributed by atoms with Gasteiger partial charge in [-0.2, -0.15) is 0 Å². The first kappa shape index (κ1) is 13.4. The van der Waals surface area contributed by atoms with E-state index in [0.29, 0.717) is 12.0 Å². The third kappa shape index (κ3) is 3.49. The molecule has 2 heteroatoms. The molecule has 0 bridgehead atoms. The molecular formula is C16H25NO. The Morgan fingerprint density at radius 1 is 1.17 bits per heavy atom. The van der Waals surface area contributed by atoms with Crippen LogP contribution in [0.2, 0.25) is 0 Å². The number of hydrogen-bond donors (Lipinski definition) is 1. The Balaban J connectivity index is 1.97. The molecule has 1 N–H and O–H groups in total. The summed E-state index contributed by atoms with van der Waals surface area (Å²) >= 11 is 0. The molecule has 1 aliphatic heterocycles. The summed E-state index contributed by atoms with van der Waals surface area (Å²) in [7, 11) is 0. The maximum atomic E-state index is 5.42. The first-order chi connectivity index (χ1) is 8.66. The lowest BCUT2D eigenvalue weighted by Gasteiger charge is -2.29. The van der Waals surface area contributed by atoms with Crippen molar-refractivity contribution in [1.82, 2.24) is 0 Å². The average Bonchev–Trinajstić information content (AvgIpc) is 2.40. The number of nitrogens with one attached hydrogen (secondary N) is 1. The molecular weight excluding hydrogens is 222 g/mol. The van der Waals surface area contributed by atoms with Crippen molar-refractivity contribution in [2.75, 3.05) is 18.5 Å². The van der Waals surface area contributed by atoms with E-state index in [9.17, 15) is 0 Å². The quantitative estimate of drug-likeness (QED) is 0.867. The third-order valence-electron chi connectivity index (χ3n) is 3.92. The van der Waals surface area contributed by atoms with Crippen LogP contribution in [0.1, 0.15) is 45.1 Å². The molecule has 1 saturated heterocycles. The Morgan fingerprint density at radius 2 is 1.89 bits per heavy atom. The predicted octanol–water partition coefficient (Wildman–Crippen LogP) is 4.04. The van der Waals surface area contributed by atoms with Crippen molar-refractivity contribution in [3.8, 4) is 0 Å². The second-order valence-corrected chi connectivity index (χ2v) is 5.66. The Morgan fingerprint density at radius 3 is 2.56 bits per heavy atom. The van der Waals surface area contributed by atoms with Crippen LogP contribution in [0.15, 0.2) is 24.3 Å². The van der Waals surface area contributed by atoms with Gasteiger partial charge >= 0.3 is 0 Å². The van der Waals surface area contributed by atoms with Gasteiger partial charge in [0.15, 0.2) is 0 Å². The zero-order valence-corrected chi connectivity index (χ0v) is 11.8. The van der Waals surface area contributed by atoms with Crippen LogP contribution >= 0.6 is 0 Å². The van der Waals surface area contributed by atoms with Crippen LogP contribution in [0.25, 0.3) is 0 Å². The average molecular weight is 247 g/mol. The molecule has 1 unspecified atom stereocenters. The van der Waals surface area contributed by atoms with Gasteiger partial charge in [-0.05, 0) is 49.3 Å². The van der Waals surface area contributed by atoms with Gasteiger partial charge in [-0.3, -0.25) is 0 Å². The summed E-state index contributed by atoms with van der Waals surface area (Å²) in [4.78, 5) is 0. The topological polar surface area (TPSA) is 21.3 Å². The van der Waals surface area contributed by atoms with E-state index in [-0.39, 0.29) is 0 Å². The van der Waals surface area contributed by atoms with Crippen LogP contribution in [0.3, 0.4) is 0 Å². The van der Waals surface area contributed by atoms with Crippen molar-refractivity contribution in [3.05, 3.63) is 29.8 Å². The van der Waals surface area contributed by atoms with Crippen LogP contribution in [0.5, 0.6) is 0 Å². The van der Waals surface area contributed by atoms with Gasteiger partial charge in [-0.15, -0.1) is 0 Å². The molecule has 18 heavy (non-hydrogen) atoms. The Kier molecular flexibility index (Phi) is 4.65. The van der Waals surface area contributed by atoms with Gasteiger partial charge in [-0.1, -0.05) is 26.0 Å². The highest BCUT2D eigenvalue weighted by Crippen LogP contribution is 2.24. The molecule has 2 rings (SSSR count). The molecule has 0 aliphatic carbocycles. The van der Waals surface area contributed by atoms with Gasteiger partial charge in [0.05, 0.1) is 0 Å². The van der Waals surface area contributed by atoms with Gasteiger partial charge < -0.3 is 10.1 Å². The Labute approximate surface area is 111 Å². The first-order valence-electron chi connectivity index (χ1n) is 7.11. The minimum atomic E-state index is 0.524. The molecule has 0 aromatic heterocycles. The van der Waals surface area contributed by atoms with E-state index >= 15 is 0 Å². The number of ether oxygens (including phenoxy) is 1. The van der Waals surface area contributed by atoms with Crippen molar-refractivity contribution in [3.63, 3.8) is 0 Å². The van der Waals surface area contributed by atoms with E-state index in [4.69, 9.17) is 4.74 Å². The SMILES string of the molecule is CC(C)c1cccc(NC(C)C2CCOCC2)c1. The van der Waals surface area contributed by atoms with Crippen molar-refractivity contribution in [2.24, 2.45) is 5.92 Å². The molecule has 1 heterocycles. The van der Waals surface area contributed by atoms with E-state index in [2.05, 4.69) is 50.4 Å². The third-order valence-corrected chi connectivity index (χ3v) is 3.92. The lowest BCUT2D eigenvalue weighted by atomic mass is 9.92. The fraction of sp³-hybridized carbons (Fsp3) is 0.625. The minimum Gasteiger partial charge on any atom is -0.382 e. The summed E-state index contributed by atoms with van der Waals surface area (Å²) in [6.45, 7) is 8.60. The molecule has 0 amide bonds. The summed E-state index contributed by atoms with van der Waals surface area (Å²) in [5.41, 5.74) is 2.65. The predicted molar refractivity (Wildman–Crippen MR) is 77.2 cm³/mol. The van der Waals surface area contributed by atoms with Gasteiger partial charge in [-0.25, -0.2) is 0 Å². The summed E-state index contributed by atoms with van der Waals surface area (Å²) < 4.78 is 5.42. The lowest BCUT2D eigenvalue weighted by Crippen LogP contribution is -2.30. The van der Waals surface area contributed by atoms with Crippen molar-refractivity contribution < 1.29 is 4.74 Å². The molecule has 1 aromatic carbocycles. The second kappa shape index (κ2) is 6.24. The highest BCUT2D eigenvalue weighted by atomic mass is 16.5. The van der Waals surface area contributed by atoms with Gasteiger partial charge in [0.1, 0.15) is 0 Å². The number of hydrogen-bond acceptors (Lipinski definition) is 2. The molecule has 1 atom stereocenters. The van der Waals surface area contributed by atoms with Crippen molar-refractivity contribution >= 4 is 5.69 Å². The summed E-state index contributed by atoms with van der Waals surface area (Å²) in [5, 5.41) is 3.65. The maximum Gasteiger partial charge on any atom is 0.0469 e. The van der Waals surface area contributed by atoms with Crippen LogP contribution in [-0.4, -0.2) is 19.3 Å². The van der Waals surface area contributed by atoms with E-state index in [0.717, 1.165) is 19.1 Å². The van der Waals surface area contributed by atoms with Crippen LogP contribution in [-0.2, 0) is 4.74 Å². The Bertz CT molecular complexity index is 369. The van der Waals surface area contributed by atoms with E-state index in [1.807, 2.05) is 0 Å². The monoisotopic (exact) mass is 247 g/mol. The summed E-state index contributed by atoms with van der Waals surface area (Å²) in [6.07, 6.45) is 2.36. The van der Waals surface area contributed by atoms with Crippen LogP contribution in [0, 0.1) is 5.92 Å². The molecule has 0 radical (unpaired) electrons. The van der Waals surface area contributed by atoms with Crippen molar-refractivity contribution in [2.45, 2.75) is 45.6 Å². The maximum absolute atomic E-state index is 5.42. The smallest absolute Gasteiger partial charge is 0.0469 e. The molecule has 1 fully saturated rings.